The van der Waals surface area contributed by atoms with Crippen LogP contribution in [0.2, 0.25) is 0 Å². The van der Waals surface area contributed by atoms with Crippen LogP contribution in [0.25, 0.3) is 16.7 Å². The summed E-state index contributed by atoms with van der Waals surface area (Å²) in [6.45, 7) is 35.3. The van der Waals surface area contributed by atoms with Gasteiger partial charge < -0.3 is 0 Å². The Balaban J connectivity index is 1.59. The molecule has 0 spiro atoms. The van der Waals surface area contributed by atoms with Crippen LogP contribution >= 0.6 is 0 Å². The van der Waals surface area contributed by atoms with E-state index in [0.717, 1.165) is 43.2 Å². The van der Waals surface area contributed by atoms with E-state index in [2.05, 4.69) is 117 Å². The molecule has 2 aromatic rings. The number of rotatable bonds is 3. The van der Waals surface area contributed by atoms with Crippen molar-refractivity contribution in [2.75, 3.05) is 0 Å². The summed E-state index contributed by atoms with van der Waals surface area (Å²) in [5.41, 5.74) is 19.5. The zero-order valence-electron chi connectivity index (χ0n) is 30.1. The Morgan fingerprint density at radius 3 is 2.24 bits per heavy atom. The van der Waals surface area contributed by atoms with Gasteiger partial charge in [0.05, 0.1) is 0 Å². The second kappa shape index (κ2) is 11.3. The normalized spacial score (nSPS) is 27.5. The van der Waals surface area contributed by atoms with Crippen molar-refractivity contribution in [2.45, 2.75) is 113 Å². The Morgan fingerprint density at radius 2 is 1.63 bits per heavy atom. The molecule has 0 heteroatoms. The average molecular weight is 607 g/mol. The number of hydrogen-bond acceptors (Lipinski definition) is 0. The summed E-state index contributed by atoms with van der Waals surface area (Å²) in [5, 5.41) is 0. The predicted octanol–water partition coefficient (Wildman–Crippen LogP) is 12.8. The minimum atomic E-state index is -0.162. The van der Waals surface area contributed by atoms with E-state index in [1.54, 1.807) is 0 Å². The Hall–Kier alpha value is -3.56. The molecule has 6 rings (SSSR count). The van der Waals surface area contributed by atoms with E-state index < -0.39 is 0 Å². The van der Waals surface area contributed by atoms with Crippen molar-refractivity contribution in [1.82, 2.24) is 0 Å². The minimum absolute atomic E-state index is 0.0249. The first kappa shape index (κ1) is 32.4. The van der Waals surface area contributed by atoms with E-state index in [9.17, 15) is 0 Å². The third-order valence-electron chi connectivity index (χ3n) is 12.5. The third kappa shape index (κ3) is 4.80. The molecular formula is C46H54. The molecule has 0 amide bonds. The lowest BCUT2D eigenvalue weighted by Crippen LogP contribution is -2.52. The molecule has 0 unspecified atom stereocenters. The third-order valence-corrected chi connectivity index (χ3v) is 12.5. The zero-order valence-corrected chi connectivity index (χ0v) is 30.1. The molecule has 0 aliphatic heterocycles. The summed E-state index contributed by atoms with van der Waals surface area (Å²) in [7, 11) is 0. The molecule has 4 aliphatic rings. The van der Waals surface area contributed by atoms with Crippen molar-refractivity contribution < 1.29 is 0 Å². The van der Waals surface area contributed by atoms with E-state index >= 15 is 0 Å². The quantitative estimate of drug-likeness (QED) is 0.305. The fourth-order valence-electron chi connectivity index (χ4n) is 10.1. The molecule has 46 heavy (non-hydrogen) atoms. The van der Waals surface area contributed by atoms with Crippen LogP contribution in [-0.4, -0.2) is 0 Å². The summed E-state index contributed by atoms with van der Waals surface area (Å²) in [6.07, 6.45) is 10.3. The highest BCUT2D eigenvalue weighted by Crippen LogP contribution is 2.70. The van der Waals surface area contributed by atoms with Crippen molar-refractivity contribution in [3.8, 4) is 23.0 Å². The van der Waals surface area contributed by atoms with E-state index in [0.29, 0.717) is 5.92 Å². The highest BCUT2D eigenvalue weighted by atomic mass is 14.6. The topological polar surface area (TPSA) is 0 Å². The van der Waals surface area contributed by atoms with Crippen LogP contribution in [0.4, 0.5) is 0 Å². The Morgan fingerprint density at radius 1 is 0.935 bits per heavy atom. The molecule has 238 valence electrons. The molecular weight excluding hydrogens is 553 g/mol. The van der Waals surface area contributed by atoms with Gasteiger partial charge in [0.2, 0.25) is 0 Å². The molecule has 2 aromatic carbocycles. The molecule has 0 nitrogen and oxygen atoms in total. The maximum Gasteiger partial charge on any atom is 0.0290 e. The van der Waals surface area contributed by atoms with Crippen LogP contribution in [0.15, 0.2) is 95.2 Å². The summed E-state index contributed by atoms with van der Waals surface area (Å²) >= 11 is 0. The summed E-state index contributed by atoms with van der Waals surface area (Å²) in [4.78, 5) is 0. The molecule has 0 saturated carbocycles. The van der Waals surface area contributed by atoms with Crippen molar-refractivity contribution in [2.24, 2.45) is 16.2 Å². The van der Waals surface area contributed by atoms with Gasteiger partial charge in [-0.3, -0.25) is 0 Å². The monoisotopic (exact) mass is 606 g/mol. The van der Waals surface area contributed by atoms with Gasteiger partial charge in [-0.2, -0.15) is 0 Å². The SMILES string of the molecule is C=C(C)C1=C(C)C[C@@]2(C)C[C@@]3(C)Cc4c(-c5ccc(C(C)C)cc5)cc(C#CC5=CCCCC5)c(C)c4C(=C)C3=C(C)[C@@]2(C)C1=C. The van der Waals surface area contributed by atoms with Crippen LogP contribution in [0.3, 0.4) is 0 Å². The first-order valence-corrected chi connectivity index (χ1v) is 17.6. The predicted molar refractivity (Wildman–Crippen MR) is 200 cm³/mol. The minimum Gasteiger partial charge on any atom is -0.0955 e. The fourth-order valence-corrected chi connectivity index (χ4v) is 10.1. The Labute approximate surface area is 280 Å². The van der Waals surface area contributed by atoms with Gasteiger partial charge in [-0.15, -0.1) is 0 Å². The van der Waals surface area contributed by atoms with Crippen LogP contribution in [-0.2, 0) is 6.42 Å². The first-order valence-electron chi connectivity index (χ1n) is 17.6. The van der Waals surface area contributed by atoms with Crippen molar-refractivity contribution in [1.29, 1.82) is 0 Å². The van der Waals surface area contributed by atoms with Crippen LogP contribution in [0.5, 0.6) is 0 Å². The van der Waals surface area contributed by atoms with Gasteiger partial charge in [0.15, 0.2) is 0 Å². The van der Waals surface area contributed by atoms with E-state index in [1.807, 2.05) is 0 Å². The molecule has 0 fully saturated rings. The molecule has 4 aliphatic carbocycles. The highest BCUT2D eigenvalue weighted by molar-refractivity contribution is 5.91. The van der Waals surface area contributed by atoms with Crippen molar-refractivity contribution >= 4 is 5.57 Å². The lowest BCUT2D eigenvalue weighted by Gasteiger charge is -2.62. The first-order chi connectivity index (χ1) is 21.6. The molecule has 0 heterocycles. The van der Waals surface area contributed by atoms with Gasteiger partial charge in [-0.1, -0.05) is 113 Å². The number of fused-ring (bicyclic) bond motifs is 3. The second-order valence-corrected chi connectivity index (χ2v) is 16.1. The van der Waals surface area contributed by atoms with E-state index in [4.69, 9.17) is 13.2 Å². The largest absolute Gasteiger partial charge is 0.0955 e. The lowest BCUT2D eigenvalue weighted by atomic mass is 9.41. The van der Waals surface area contributed by atoms with Gasteiger partial charge in [-0.05, 0) is 157 Å². The molecule has 0 saturated heterocycles. The Kier molecular flexibility index (Phi) is 7.96. The fraction of sp³-hybridized carbons (Fsp3) is 0.435. The van der Waals surface area contributed by atoms with Crippen LogP contribution in [0, 0.1) is 35.0 Å². The molecule has 3 atom stereocenters. The van der Waals surface area contributed by atoms with Crippen molar-refractivity contribution in [3.05, 3.63) is 123 Å². The van der Waals surface area contributed by atoms with Gasteiger partial charge in [0.1, 0.15) is 0 Å². The smallest absolute Gasteiger partial charge is 0.0290 e. The standard InChI is InChI=1S/C46H54/c1-28(2)36-20-22-37(23-21-36)39-24-38(19-18-35-16-14-13-15-17-35)31(6)42-32(7)43-34(9)46(12)33(8)41(29(3)4)30(5)25-45(46,11)27-44(43,10)26-40(39)42/h16,20-24,28H,3,7-8,13-15,17,25-27H2,1-2,4-6,9-12H3/t44-,45+,46-/m1/s1. The van der Waals surface area contributed by atoms with Crippen LogP contribution < -0.4 is 0 Å². The highest BCUT2D eigenvalue weighted by Gasteiger charge is 2.59. The number of allylic oxidation sites excluding steroid dienone is 9. The maximum atomic E-state index is 4.97. The van der Waals surface area contributed by atoms with E-state index in [-0.39, 0.29) is 16.2 Å². The molecule has 0 radical (unpaired) electrons. The van der Waals surface area contributed by atoms with Gasteiger partial charge in [0.25, 0.3) is 0 Å². The van der Waals surface area contributed by atoms with Crippen molar-refractivity contribution in [3.63, 3.8) is 0 Å². The molecule has 0 N–H and O–H groups in total. The molecule has 0 aromatic heterocycles. The Bertz CT molecular complexity index is 1850. The molecule has 0 bridgehead atoms. The van der Waals surface area contributed by atoms with Crippen LogP contribution in [0.1, 0.15) is 128 Å². The van der Waals surface area contributed by atoms with Gasteiger partial charge in [-0.25, -0.2) is 0 Å². The summed E-state index contributed by atoms with van der Waals surface area (Å²) < 4.78 is 0. The average Bonchev–Trinajstić information content (AvgIpc) is 2.99. The van der Waals surface area contributed by atoms with E-state index in [1.165, 1.54) is 85.2 Å². The number of benzene rings is 2. The maximum absolute atomic E-state index is 4.97. The summed E-state index contributed by atoms with van der Waals surface area (Å²) in [6, 6.07) is 11.7. The second-order valence-electron chi connectivity index (χ2n) is 16.1. The number of hydrogen-bond donors (Lipinski definition) is 0. The van der Waals surface area contributed by atoms with Gasteiger partial charge >= 0.3 is 0 Å². The summed E-state index contributed by atoms with van der Waals surface area (Å²) in [5.74, 6) is 7.77. The lowest BCUT2D eigenvalue weighted by molar-refractivity contribution is 0.0544. The van der Waals surface area contributed by atoms with Gasteiger partial charge in [0, 0.05) is 11.0 Å². The zero-order chi connectivity index (χ0) is 33.3.